The van der Waals surface area contributed by atoms with Crippen molar-refractivity contribution in [1.29, 1.82) is 0 Å². The normalized spacial score (nSPS) is 24.0. The monoisotopic (exact) mass is 559 g/mol. The van der Waals surface area contributed by atoms with Gasteiger partial charge >= 0.3 is 37.7 Å². The molecule has 1 rings (SSSR count). The number of nitrogens with zero attached hydrogens (tertiary/aromatic N) is 1. The molecule has 1 saturated heterocycles. The van der Waals surface area contributed by atoms with Crippen LogP contribution in [0.5, 0.6) is 0 Å². The third kappa shape index (κ3) is 14.6. The van der Waals surface area contributed by atoms with Crippen molar-refractivity contribution >= 4 is 37.7 Å². The smallest absolute Gasteiger partial charge is 0.462 e. The molecule has 16 nitrogen and oxygen atoms in total. The van der Waals surface area contributed by atoms with E-state index in [0.29, 0.717) is 0 Å². The largest absolute Gasteiger partial charge is 0.472 e. The van der Waals surface area contributed by atoms with Gasteiger partial charge in [0.1, 0.15) is 12.7 Å². The molecular formula is C20H34NO15P. The number of rotatable bonds is 9. The highest BCUT2D eigenvalue weighted by atomic mass is 31.2. The van der Waals surface area contributed by atoms with Crippen molar-refractivity contribution in [3.05, 3.63) is 0 Å². The highest BCUT2D eigenvalue weighted by molar-refractivity contribution is 7.46. The van der Waals surface area contributed by atoms with Gasteiger partial charge in [-0.15, -0.1) is 0 Å². The van der Waals surface area contributed by atoms with E-state index < -0.39 is 81.1 Å². The molecule has 6 atom stereocenters. The summed E-state index contributed by atoms with van der Waals surface area (Å²) in [6.45, 7) is 4.28. The lowest BCUT2D eigenvalue weighted by Gasteiger charge is -2.45. The molecule has 0 saturated carbocycles. The number of esters is 5. The van der Waals surface area contributed by atoms with Crippen LogP contribution in [0, 0.1) is 0 Å². The molecule has 0 bridgehead atoms. The zero-order valence-corrected chi connectivity index (χ0v) is 22.7. The highest BCUT2D eigenvalue weighted by Gasteiger charge is 2.56. The molecule has 0 aliphatic carbocycles. The average Bonchev–Trinajstić information content (AvgIpc) is 2.66. The van der Waals surface area contributed by atoms with E-state index in [4.69, 9.17) is 28.4 Å². The summed E-state index contributed by atoms with van der Waals surface area (Å²) in [5.74, 6) is -4.57. The minimum Gasteiger partial charge on any atom is -0.462 e. The van der Waals surface area contributed by atoms with Gasteiger partial charge in [-0.1, -0.05) is 0 Å². The van der Waals surface area contributed by atoms with Gasteiger partial charge in [-0.25, -0.2) is 4.57 Å². The molecule has 0 spiro atoms. The maximum absolute atomic E-state index is 11.8. The summed E-state index contributed by atoms with van der Waals surface area (Å²) >= 11 is 0. The Kier molecular flexibility index (Phi) is 14.5. The molecule has 0 aromatic heterocycles. The fourth-order valence-corrected chi connectivity index (χ4v) is 3.37. The van der Waals surface area contributed by atoms with Crippen LogP contribution in [0.1, 0.15) is 34.6 Å². The summed E-state index contributed by atoms with van der Waals surface area (Å²) in [6.07, 6.45) is -10.5. The highest BCUT2D eigenvalue weighted by Crippen LogP contribution is 2.42. The van der Waals surface area contributed by atoms with Crippen LogP contribution in [-0.4, -0.2) is 109 Å². The van der Waals surface area contributed by atoms with Crippen molar-refractivity contribution in [2.24, 2.45) is 0 Å². The third-order valence-electron chi connectivity index (χ3n) is 3.81. The van der Waals surface area contributed by atoms with E-state index in [9.17, 15) is 38.3 Å². The van der Waals surface area contributed by atoms with E-state index in [1.807, 2.05) is 26.0 Å². The van der Waals surface area contributed by atoms with Gasteiger partial charge in [0.15, 0.2) is 24.4 Å². The van der Waals surface area contributed by atoms with Gasteiger partial charge in [-0.3, -0.25) is 28.5 Å². The van der Waals surface area contributed by atoms with E-state index >= 15 is 0 Å². The maximum Gasteiger partial charge on any atom is 0.472 e. The number of phosphoric acid groups is 1. The summed E-state index contributed by atoms with van der Waals surface area (Å²) in [5.41, 5.74) is 0. The van der Waals surface area contributed by atoms with E-state index in [-0.39, 0.29) is 0 Å². The summed E-state index contributed by atoms with van der Waals surface area (Å²) in [4.78, 5) is 78.5. The Bertz CT molecular complexity index is 854. The minimum absolute atomic E-state index is 0.648. The van der Waals surface area contributed by atoms with E-state index in [1.54, 1.807) is 0 Å². The van der Waals surface area contributed by atoms with Gasteiger partial charge in [-0.2, -0.15) is 0 Å². The number of carbonyl (C=O) groups excluding carboxylic acids is 5. The number of phosphoric ester groups is 1. The van der Waals surface area contributed by atoms with Gasteiger partial charge in [0, 0.05) is 34.6 Å². The Hall–Kier alpha value is -2.62. The van der Waals surface area contributed by atoms with Crippen molar-refractivity contribution in [2.45, 2.75) is 71.4 Å². The lowest BCUT2D eigenvalue weighted by molar-refractivity contribution is -0.302. The summed E-state index contributed by atoms with van der Waals surface area (Å²) in [6, 6.07) is 0. The van der Waals surface area contributed by atoms with Crippen molar-refractivity contribution < 1.29 is 71.3 Å². The molecule has 1 aliphatic heterocycles. The standard InChI is InChI=1S/C17H25O15P.C3H9N/c1-7(18)26-6-12(27-8(2)19)13-14(28-9(3)20)15(29-10(4)21)16(30-11(5)22)17(31-13)32-33(23,24)25;1-4(2)3/h12-17H,6H2,1-5H3,(H2,23,24,25);1-3H3/t12-,13+,14+,15-,16-,17-;/m0./s1. The molecule has 0 amide bonds. The van der Waals surface area contributed by atoms with Crippen LogP contribution in [0.4, 0.5) is 0 Å². The van der Waals surface area contributed by atoms with Crippen LogP contribution in [-0.2, 0) is 61.5 Å². The number of hydrogen-bond donors (Lipinski definition) is 2. The first-order valence-electron chi connectivity index (χ1n) is 10.7. The van der Waals surface area contributed by atoms with Gasteiger partial charge in [0.2, 0.25) is 6.29 Å². The maximum atomic E-state index is 11.8. The zero-order valence-electron chi connectivity index (χ0n) is 21.8. The molecule has 1 fully saturated rings. The molecule has 37 heavy (non-hydrogen) atoms. The topological polar surface area (TPSA) is 211 Å². The Balaban J connectivity index is 0.00000300. The summed E-state index contributed by atoms with van der Waals surface area (Å²) in [7, 11) is 0.704. The minimum atomic E-state index is -5.30. The average molecular weight is 559 g/mol. The zero-order chi connectivity index (χ0) is 29.1. The van der Waals surface area contributed by atoms with E-state index in [1.165, 1.54) is 0 Å². The molecule has 0 radical (unpaired) electrons. The Morgan fingerprint density at radius 1 is 0.784 bits per heavy atom. The quantitative estimate of drug-likeness (QED) is 0.203. The Morgan fingerprint density at radius 2 is 1.22 bits per heavy atom. The Morgan fingerprint density at radius 3 is 1.59 bits per heavy atom. The van der Waals surface area contributed by atoms with Crippen molar-refractivity contribution in [1.82, 2.24) is 4.90 Å². The fourth-order valence-electron chi connectivity index (χ4n) is 2.93. The Labute approximate surface area is 213 Å². The van der Waals surface area contributed by atoms with Crippen LogP contribution in [0.15, 0.2) is 0 Å². The van der Waals surface area contributed by atoms with Crippen molar-refractivity contribution in [2.75, 3.05) is 27.7 Å². The lowest BCUT2D eigenvalue weighted by Crippen LogP contribution is -2.65. The number of ether oxygens (including phenoxy) is 6. The van der Waals surface area contributed by atoms with Crippen molar-refractivity contribution in [3.63, 3.8) is 0 Å². The first-order chi connectivity index (χ1) is 16.8. The number of carbonyl (C=O) groups is 5. The molecule has 2 N–H and O–H groups in total. The molecule has 214 valence electrons. The lowest BCUT2D eigenvalue weighted by atomic mass is 9.94. The predicted octanol–water partition coefficient (Wildman–Crippen LogP) is -0.712. The van der Waals surface area contributed by atoms with Crippen LogP contribution in [0.3, 0.4) is 0 Å². The van der Waals surface area contributed by atoms with Gasteiger partial charge in [0.05, 0.1) is 0 Å². The molecule has 1 heterocycles. The second-order valence-corrected chi connectivity index (χ2v) is 9.27. The second kappa shape index (κ2) is 15.6. The van der Waals surface area contributed by atoms with Crippen LogP contribution < -0.4 is 0 Å². The summed E-state index contributed by atoms with van der Waals surface area (Å²) in [5, 5.41) is 0. The van der Waals surface area contributed by atoms with Crippen LogP contribution in [0.25, 0.3) is 0 Å². The first-order valence-corrected chi connectivity index (χ1v) is 12.2. The number of hydrogen-bond acceptors (Lipinski definition) is 14. The van der Waals surface area contributed by atoms with Gasteiger partial charge in [-0.05, 0) is 21.1 Å². The predicted molar refractivity (Wildman–Crippen MR) is 120 cm³/mol. The molecule has 0 unspecified atom stereocenters. The van der Waals surface area contributed by atoms with E-state index in [0.717, 1.165) is 34.6 Å². The fraction of sp³-hybridized carbons (Fsp3) is 0.750. The molecule has 0 aromatic rings. The molecule has 17 heteroatoms. The molecule has 1 aliphatic rings. The second-order valence-electron chi connectivity index (χ2n) is 8.08. The first kappa shape index (κ1) is 34.4. The van der Waals surface area contributed by atoms with Crippen LogP contribution >= 0.6 is 7.82 Å². The molecule has 0 aromatic carbocycles. The SMILES string of the molecule is CC(=O)OC[C@H](OC(C)=O)[C@H]1O[C@@H](OP(=O)(O)O)[C@@H](OC(C)=O)[C@@H](OC(C)=O)[C@@H]1OC(C)=O.CN(C)C. The third-order valence-corrected chi connectivity index (χ3v) is 4.30. The van der Waals surface area contributed by atoms with Gasteiger partial charge in [0.25, 0.3) is 0 Å². The summed E-state index contributed by atoms with van der Waals surface area (Å²) < 4.78 is 46.7. The van der Waals surface area contributed by atoms with Crippen LogP contribution in [0.2, 0.25) is 0 Å². The van der Waals surface area contributed by atoms with E-state index in [2.05, 4.69) is 4.52 Å². The van der Waals surface area contributed by atoms with Crippen molar-refractivity contribution in [3.8, 4) is 0 Å². The molecular weight excluding hydrogens is 525 g/mol. The van der Waals surface area contributed by atoms with Gasteiger partial charge < -0.3 is 43.1 Å².